The molecule has 17 heavy (non-hydrogen) atoms. The van der Waals surface area contributed by atoms with Gasteiger partial charge in [-0.15, -0.1) is 0 Å². The van der Waals surface area contributed by atoms with E-state index in [1.54, 1.807) is 36.4 Å². The van der Waals surface area contributed by atoms with Crippen molar-refractivity contribution < 1.29 is 9.53 Å². The normalized spacial score (nSPS) is 17.6. The first-order chi connectivity index (χ1) is 8.20. The van der Waals surface area contributed by atoms with Crippen molar-refractivity contribution in [3.8, 4) is 0 Å². The monoisotopic (exact) mass is 247 g/mol. The lowest BCUT2D eigenvalue weighted by Gasteiger charge is -1.98. The Morgan fingerprint density at radius 3 is 2.65 bits per heavy atom. The number of esters is 1. The van der Waals surface area contributed by atoms with Crippen LogP contribution in [0.15, 0.2) is 53.2 Å². The number of hydrogen-bond donors (Lipinski definition) is 0. The molecule has 1 heterocycles. The third-order valence-electron chi connectivity index (χ3n) is 2.16. The highest BCUT2D eigenvalue weighted by Gasteiger charge is 2.23. The summed E-state index contributed by atoms with van der Waals surface area (Å²) in [6, 6.07) is 6.96. The van der Waals surface area contributed by atoms with Gasteiger partial charge in [0.1, 0.15) is 0 Å². The van der Waals surface area contributed by atoms with Gasteiger partial charge in [0.2, 0.25) is 5.90 Å². The van der Waals surface area contributed by atoms with Crippen LogP contribution in [0.1, 0.15) is 12.5 Å². The van der Waals surface area contributed by atoms with Crippen molar-refractivity contribution in [2.24, 2.45) is 4.99 Å². The zero-order chi connectivity index (χ0) is 12.3. The molecule has 0 fully saturated rings. The van der Waals surface area contributed by atoms with Crippen LogP contribution in [0.3, 0.4) is 0 Å². The maximum atomic E-state index is 11.5. The van der Waals surface area contributed by atoms with Gasteiger partial charge < -0.3 is 4.74 Å². The molecule has 0 N–H and O–H groups in total. The lowest BCUT2D eigenvalue weighted by Crippen LogP contribution is -2.04. The fraction of sp³-hybridized carbons (Fsp3) is 0.0769. The molecular weight excluding hydrogens is 238 g/mol. The number of cyclic esters (lactones) is 1. The zero-order valence-electron chi connectivity index (χ0n) is 9.18. The second-order valence-electron chi connectivity index (χ2n) is 3.39. The number of nitrogens with zero attached hydrogens (tertiary/aromatic N) is 1. The largest absolute Gasteiger partial charge is 0.402 e. The van der Waals surface area contributed by atoms with Gasteiger partial charge >= 0.3 is 5.97 Å². The van der Waals surface area contributed by atoms with Crippen molar-refractivity contribution in [2.75, 3.05) is 0 Å². The van der Waals surface area contributed by atoms with Crippen molar-refractivity contribution in [1.82, 2.24) is 0 Å². The Kier molecular flexibility index (Phi) is 3.40. The third-order valence-corrected chi connectivity index (χ3v) is 2.41. The van der Waals surface area contributed by atoms with E-state index in [9.17, 15) is 4.79 Å². The first-order valence-electron chi connectivity index (χ1n) is 5.10. The number of rotatable bonds is 2. The number of carbonyl (C=O) groups excluding carboxylic acids is 1. The smallest absolute Gasteiger partial charge is 0.363 e. The Labute approximate surface area is 104 Å². The van der Waals surface area contributed by atoms with Crippen LogP contribution in [0, 0.1) is 0 Å². The van der Waals surface area contributed by atoms with Gasteiger partial charge in [-0.25, -0.2) is 9.79 Å². The molecule has 2 rings (SSSR count). The summed E-state index contributed by atoms with van der Waals surface area (Å²) in [6.07, 6.45) is 5.17. The predicted molar refractivity (Wildman–Crippen MR) is 67.0 cm³/mol. The van der Waals surface area contributed by atoms with Crippen LogP contribution >= 0.6 is 11.6 Å². The number of benzene rings is 1. The molecule has 3 nitrogen and oxygen atoms in total. The van der Waals surface area contributed by atoms with Crippen molar-refractivity contribution in [2.45, 2.75) is 6.92 Å². The fourth-order valence-corrected chi connectivity index (χ4v) is 1.45. The molecule has 1 aliphatic heterocycles. The quantitative estimate of drug-likeness (QED) is 0.595. The summed E-state index contributed by atoms with van der Waals surface area (Å²) < 4.78 is 5.06. The minimum absolute atomic E-state index is 0.299. The number of ether oxygens (including phenoxy) is 1. The van der Waals surface area contributed by atoms with Gasteiger partial charge in [0.25, 0.3) is 0 Å². The van der Waals surface area contributed by atoms with Gasteiger partial charge in [0.15, 0.2) is 5.70 Å². The lowest BCUT2D eigenvalue weighted by molar-refractivity contribution is -0.130. The van der Waals surface area contributed by atoms with E-state index in [-0.39, 0.29) is 0 Å². The van der Waals surface area contributed by atoms with Gasteiger partial charge in [-0.1, -0.05) is 23.8 Å². The second-order valence-corrected chi connectivity index (χ2v) is 3.83. The first kappa shape index (κ1) is 11.6. The molecule has 0 atom stereocenters. The Morgan fingerprint density at radius 1 is 1.29 bits per heavy atom. The molecule has 0 aliphatic carbocycles. The van der Waals surface area contributed by atoms with Crippen LogP contribution in [-0.4, -0.2) is 11.9 Å². The summed E-state index contributed by atoms with van der Waals surface area (Å²) in [4.78, 5) is 15.6. The second kappa shape index (κ2) is 4.97. The average molecular weight is 248 g/mol. The van der Waals surface area contributed by atoms with E-state index < -0.39 is 5.97 Å². The fourth-order valence-electron chi connectivity index (χ4n) is 1.33. The van der Waals surface area contributed by atoms with E-state index in [0.29, 0.717) is 16.6 Å². The Balaban J connectivity index is 2.30. The minimum atomic E-state index is -0.437. The Morgan fingerprint density at radius 2 is 2.00 bits per heavy atom. The van der Waals surface area contributed by atoms with Gasteiger partial charge in [-0.05, 0) is 37.3 Å². The van der Waals surface area contributed by atoms with Gasteiger partial charge in [0.05, 0.1) is 0 Å². The molecule has 86 valence electrons. The van der Waals surface area contributed by atoms with Crippen LogP contribution in [0.25, 0.3) is 0 Å². The van der Waals surface area contributed by atoms with E-state index in [1.165, 1.54) is 0 Å². The summed E-state index contributed by atoms with van der Waals surface area (Å²) in [7, 11) is 0. The van der Waals surface area contributed by atoms with E-state index in [1.807, 2.05) is 13.0 Å². The van der Waals surface area contributed by atoms with Crippen LogP contribution in [-0.2, 0) is 9.53 Å². The Hall–Kier alpha value is -1.87. The summed E-state index contributed by atoms with van der Waals surface area (Å²) in [6.45, 7) is 1.86. The predicted octanol–water partition coefficient (Wildman–Crippen LogP) is 3.10. The first-order valence-corrected chi connectivity index (χ1v) is 5.48. The van der Waals surface area contributed by atoms with Gasteiger partial charge in [0, 0.05) is 10.6 Å². The van der Waals surface area contributed by atoms with E-state index >= 15 is 0 Å². The molecule has 0 aromatic heterocycles. The SMILES string of the molecule is C/C=C/C=C1\N=C(c2ccc(Cl)cc2)OC1=O. The molecule has 0 saturated carbocycles. The van der Waals surface area contributed by atoms with E-state index in [4.69, 9.17) is 16.3 Å². The molecule has 0 spiro atoms. The number of allylic oxidation sites excluding steroid dienone is 3. The summed E-state index contributed by atoms with van der Waals surface area (Å²) in [5.74, 6) is -0.129. The summed E-state index contributed by atoms with van der Waals surface area (Å²) >= 11 is 5.78. The summed E-state index contributed by atoms with van der Waals surface area (Å²) in [5, 5.41) is 0.628. The highest BCUT2D eigenvalue weighted by Crippen LogP contribution is 2.18. The van der Waals surface area contributed by atoms with Crippen LogP contribution in [0.5, 0.6) is 0 Å². The van der Waals surface area contributed by atoms with Crippen molar-refractivity contribution in [3.05, 3.63) is 58.8 Å². The lowest BCUT2D eigenvalue weighted by atomic mass is 10.2. The average Bonchev–Trinajstić information content (AvgIpc) is 2.69. The number of aliphatic imine (C=N–C) groups is 1. The van der Waals surface area contributed by atoms with Crippen LogP contribution < -0.4 is 0 Å². The minimum Gasteiger partial charge on any atom is -0.402 e. The molecule has 0 radical (unpaired) electrons. The molecule has 0 unspecified atom stereocenters. The highest BCUT2D eigenvalue weighted by atomic mass is 35.5. The number of hydrogen-bond acceptors (Lipinski definition) is 3. The zero-order valence-corrected chi connectivity index (χ0v) is 9.94. The molecular formula is C13H10ClNO2. The molecule has 0 bridgehead atoms. The Bertz CT molecular complexity index is 527. The maximum absolute atomic E-state index is 11.5. The molecule has 1 aliphatic rings. The van der Waals surface area contributed by atoms with Crippen molar-refractivity contribution in [3.63, 3.8) is 0 Å². The molecule has 4 heteroatoms. The van der Waals surface area contributed by atoms with Crippen LogP contribution in [0.2, 0.25) is 5.02 Å². The molecule has 1 aromatic carbocycles. The van der Waals surface area contributed by atoms with E-state index in [2.05, 4.69) is 4.99 Å². The molecule has 0 saturated heterocycles. The van der Waals surface area contributed by atoms with Crippen LogP contribution in [0.4, 0.5) is 0 Å². The topological polar surface area (TPSA) is 38.7 Å². The molecule has 0 amide bonds. The summed E-state index contributed by atoms with van der Waals surface area (Å²) in [5.41, 5.74) is 1.03. The van der Waals surface area contributed by atoms with Gasteiger partial charge in [-0.3, -0.25) is 0 Å². The van der Waals surface area contributed by atoms with Crippen molar-refractivity contribution in [1.29, 1.82) is 0 Å². The number of carbonyl (C=O) groups is 1. The molecule has 1 aromatic rings. The third kappa shape index (κ3) is 2.63. The highest BCUT2D eigenvalue weighted by molar-refractivity contribution is 6.30. The maximum Gasteiger partial charge on any atom is 0.363 e. The van der Waals surface area contributed by atoms with Gasteiger partial charge in [-0.2, -0.15) is 0 Å². The van der Waals surface area contributed by atoms with E-state index in [0.717, 1.165) is 5.56 Å². The number of halogens is 1. The standard InChI is InChI=1S/C13H10ClNO2/c1-2-3-4-11-13(16)17-12(15-11)9-5-7-10(14)8-6-9/h2-8H,1H3/b3-2+,11-4-. The van der Waals surface area contributed by atoms with Crippen molar-refractivity contribution >= 4 is 23.5 Å².